The van der Waals surface area contributed by atoms with Crippen molar-refractivity contribution in [1.82, 2.24) is 0 Å². The molecule has 1 aromatic rings. The lowest BCUT2D eigenvalue weighted by Gasteiger charge is -1.94. The molecule has 0 heterocycles. The van der Waals surface area contributed by atoms with Crippen LogP contribution in [0.5, 0.6) is 0 Å². The summed E-state index contributed by atoms with van der Waals surface area (Å²) in [4.78, 5) is 10.7. The Bertz CT molecular complexity index is 301. The van der Waals surface area contributed by atoms with Crippen molar-refractivity contribution in [2.45, 2.75) is 6.92 Å². The minimum atomic E-state index is -0.415. The van der Waals surface area contributed by atoms with Gasteiger partial charge in [0.1, 0.15) is 0 Å². The quantitative estimate of drug-likeness (QED) is 0.692. The van der Waals surface area contributed by atoms with Gasteiger partial charge in [-0.05, 0) is 36.2 Å². The molecule has 0 saturated carbocycles. The van der Waals surface area contributed by atoms with E-state index >= 15 is 0 Å². The van der Waals surface area contributed by atoms with Crippen molar-refractivity contribution in [3.8, 4) is 0 Å². The Hall–Kier alpha value is -0.790. The van der Waals surface area contributed by atoms with Crippen LogP contribution >= 0.6 is 24.0 Å². The van der Waals surface area contributed by atoms with Crippen LogP contribution in [0.4, 0.5) is 0 Å². The second-order valence-corrected chi connectivity index (χ2v) is 2.74. The molecule has 0 aliphatic rings. The summed E-state index contributed by atoms with van der Waals surface area (Å²) >= 11 is 5.28. The topological polar surface area (TPSA) is 17.1 Å². The molecule has 0 aliphatic carbocycles. The summed E-state index contributed by atoms with van der Waals surface area (Å²) in [7, 11) is 0. The first-order valence-electron chi connectivity index (χ1n) is 3.66. The highest BCUT2D eigenvalue weighted by atomic mass is 35.5. The lowest BCUT2D eigenvalue weighted by molar-refractivity contribution is 0.108. The predicted octanol–water partition coefficient (Wildman–Crippen LogP) is 3.52. The first-order chi connectivity index (χ1) is 5.74. The summed E-state index contributed by atoms with van der Waals surface area (Å²) < 4.78 is 0. The monoisotopic (exact) mass is 216 g/mol. The summed E-state index contributed by atoms with van der Waals surface area (Å²) in [6.07, 6.45) is 3.90. The Balaban J connectivity index is 0.00000144. The lowest BCUT2D eigenvalue weighted by atomic mass is 10.1. The summed E-state index contributed by atoms with van der Waals surface area (Å²) in [6, 6.07) is 7.14. The zero-order chi connectivity index (χ0) is 8.97. The summed E-state index contributed by atoms with van der Waals surface area (Å²) in [5, 5.41) is -0.415. The fourth-order valence-corrected chi connectivity index (χ4v) is 1.04. The minimum Gasteiger partial charge on any atom is -0.276 e. The highest BCUT2D eigenvalue weighted by Crippen LogP contribution is 2.08. The molecule has 13 heavy (non-hydrogen) atoms. The van der Waals surface area contributed by atoms with E-state index in [0.717, 1.165) is 5.56 Å². The number of halogens is 2. The second kappa shape index (κ2) is 5.79. The lowest BCUT2D eigenvalue weighted by Crippen LogP contribution is -1.86. The molecule has 0 aliphatic heterocycles. The van der Waals surface area contributed by atoms with Gasteiger partial charge in [-0.1, -0.05) is 24.3 Å². The first kappa shape index (κ1) is 12.2. The van der Waals surface area contributed by atoms with Gasteiger partial charge in [-0.15, -0.1) is 12.4 Å². The van der Waals surface area contributed by atoms with E-state index in [4.69, 9.17) is 11.6 Å². The predicted molar refractivity (Wildman–Crippen MR) is 58.6 cm³/mol. The Morgan fingerprint density at radius 2 is 1.85 bits per heavy atom. The average Bonchev–Trinajstić information content (AvgIpc) is 2.06. The van der Waals surface area contributed by atoms with Gasteiger partial charge in [-0.2, -0.15) is 0 Å². The second-order valence-electron chi connectivity index (χ2n) is 2.40. The SMILES string of the molecule is C/C=C/c1ccc(C(=O)Cl)cc1.Cl. The van der Waals surface area contributed by atoms with E-state index in [1.807, 2.05) is 31.2 Å². The molecule has 1 aromatic carbocycles. The highest BCUT2D eigenvalue weighted by molar-refractivity contribution is 6.67. The van der Waals surface area contributed by atoms with Crippen molar-refractivity contribution < 1.29 is 4.79 Å². The normalized spacial score (nSPS) is 9.69. The van der Waals surface area contributed by atoms with E-state index in [9.17, 15) is 4.79 Å². The van der Waals surface area contributed by atoms with E-state index in [0.29, 0.717) is 5.56 Å². The van der Waals surface area contributed by atoms with Crippen LogP contribution in [0.3, 0.4) is 0 Å². The molecule has 0 fully saturated rings. The van der Waals surface area contributed by atoms with Gasteiger partial charge in [0.05, 0.1) is 0 Å². The molecular formula is C10H10Cl2O. The molecule has 70 valence electrons. The zero-order valence-corrected chi connectivity index (χ0v) is 8.73. The van der Waals surface area contributed by atoms with Gasteiger partial charge < -0.3 is 0 Å². The van der Waals surface area contributed by atoms with E-state index in [-0.39, 0.29) is 12.4 Å². The van der Waals surface area contributed by atoms with Crippen LogP contribution in [0.15, 0.2) is 30.3 Å². The number of carbonyl (C=O) groups is 1. The van der Waals surface area contributed by atoms with Crippen molar-refractivity contribution in [2.75, 3.05) is 0 Å². The fourth-order valence-electron chi connectivity index (χ4n) is 0.918. The molecule has 0 N–H and O–H groups in total. The highest BCUT2D eigenvalue weighted by Gasteiger charge is 1.98. The van der Waals surface area contributed by atoms with Gasteiger partial charge in [0, 0.05) is 5.56 Å². The number of carbonyl (C=O) groups excluding carboxylic acids is 1. The Morgan fingerprint density at radius 1 is 1.31 bits per heavy atom. The largest absolute Gasteiger partial charge is 0.276 e. The molecule has 1 nitrogen and oxygen atoms in total. The third-order valence-corrected chi connectivity index (χ3v) is 1.71. The van der Waals surface area contributed by atoms with Crippen molar-refractivity contribution in [2.24, 2.45) is 0 Å². The molecule has 0 aromatic heterocycles. The Labute approximate surface area is 88.8 Å². The van der Waals surface area contributed by atoms with Crippen LogP contribution in [0, 0.1) is 0 Å². The Morgan fingerprint density at radius 3 is 2.23 bits per heavy atom. The van der Waals surface area contributed by atoms with Crippen molar-refractivity contribution in [3.05, 3.63) is 41.5 Å². The van der Waals surface area contributed by atoms with Gasteiger partial charge >= 0.3 is 0 Å². The average molecular weight is 217 g/mol. The molecule has 0 spiro atoms. The fraction of sp³-hybridized carbons (Fsp3) is 0.100. The number of rotatable bonds is 2. The standard InChI is InChI=1S/C10H9ClO.ClH/c1-2-3-8-4-6-9(7-5-8)10(11)12;/h2-7H,1H3;1H/b3-2+;. The maximum Gasteiger partial charge on any atom is 0.252 e. The van der Waals surface area contributed by atoms with E-state index < -0.39 is 5.24 Å². The molecule has 0 atom stereocenters. The van der Waals surface area contributed by atoms with Crippen LogP contribution in [0.1, 0.15) is 22.8 Å². The maximum absolute atomic E-state index is 10.7. The van der Waals surface area contributed by atoms with Crippen molar-refractivity contribution in [1.29, 1.82) is 0 Å². The van der Waals surface area contributed by atoms with Crippen LogP contribution < -0.4 is 0 Å². The van der Waals surface area contributed by atoms with Crippen molar-refractivity contribution >= 4 is 35.3 Å². The van der Waals surface area contributed by atoms with Gasteiger partial charge in [-0.25, -0.2) is 0 Å². The number of allylic oxidation sites excluding steroid dienone is 1. The number of hydrogen-bond acceptors (Lipinski definition) is 1. The van der Waals surface area contributed by atoms with Crippen LogP contribution in [0.2, 0.25) is 0 Å². The van der Waals surface area contributed by atoms with Crippen LogP contribution in [-0.4, -0.2) is 5.24 Å². The summed E-state index contributed by atoms with van der Waals surface area (Å²) in [5.41, 5.74) is 1.60. The Kier molecular flexibility index (Phi) is 5.44. The van der Waals surface area contributed by atoms with E-state index in [1.165, 1.54) is 0 Å². The third-order valence-electron chi connectivity index (χ3n) is 1.50. The van der Waals surface area contributed by atoms with Gasteiger partial charge in [0.15, 0.2) is 0 Å². The summed E-state index contributed by atoms with van der Waals surface area (Å²) in [6.45, 7) is 1.95. The van der Waals surface area contributed by atoms with Gasteiger partial charge in [-0.3, -0.25) is 4.79 Å². The van der Waals surface area contributed by atoms with Crippen LogP contribution in [-0.2, 0) is 0 Å². The molecule has 0 saturated heterocycles. The molecule has 3 heteroatoms. The number of hydrogen-bond donors (Lipinski definition) is 0. The molecule has 0 unspecified atom stereocenters. The first-order valence-corrected chi connectivity index (χ1v) is 4.04. The molecule has 0 radical (unpaired) electrons. The van der Waals surface area contributed by atoms with E-state index in [1.54, 1.807) is 12.1 Å². The van der Waals surface area contributed by atoms with Gasteiger partial charge in [0.2, 0.25) is 0 Å². The molecule has 1 rings (SSSR count). The minimum absolute atomic E-state index is 0. The molecular weight excluding hydrogens is 207 g/mol. The summed E-state index contributed by atoms with van der Waals surface area (Å²) in [5.74, 6) is 0. The van der Waals surface area contributed by atoms with E-state index in [2.05, 4.69) is 0 Å². The molecule has 0 bridgehead atoms. The van der Waals surface area contributed by atoms with Gasteiger partial charge in [0.25, 0.3) is 5.24 Å². The zero-order valence-electron chi connectivity index (χ0n) is 7.16. The molecule has 0 amide bonds. The smallest absolute Gasteiger partial charge is 0.252 e. The third kappa shape index (κ3) is 3.62. The van der Waals surface area contributed by atoms with Crippen LogP contribution in [0.25, 0.3) is 6.08 Å². The maximum atomic E-state index is 10.7. The van der Waals surface area contributed by atoms with Crippen molar-refractivity contribution in [3.63, 3.8) is 0 Å². The number of benzene rings is 1.